The topological polar surface area (TPSA) is 39.1 Å². The van der Waals surface area contributed by atoms with E-state index in [1.165, 1.54) is 32.5 Å². The molecule has 1 aromatic heterocycles. The van der Waals surface area contributed by atoms with Crippen molar-refractivity contribution in [3.63, 3.8) is 0 Å². The Labute approximate surface area is 131 Å². The molecule has 0 aliphatic heterocycles. The zero-order chi connectivity index (χ0) is 17.2. The summed E-state index contributed by atoms with van der Waals surface area (Å²) in [5, 5.41) is 6.60. The third-order valence-corrected chi connectivity index (χ3v) is 3.56. The molecule has 2 rings (SSSR count). The van der Waals surface area contributed by atoms with Crippen LogP contribution < -0.4 is 10.1 Å². The fourth-order valence-corrected chi connectivity index (χ4v) is 2.31. The maximum Gasteiger partial charge on any atom is 0.433 e. The molecule has 1 N–H and O–H groups in total. The summed E-state index contributed by atoms with van der Waals surface area (Å²) in [6, 6.07) is 4.10. The van der Waals surface area contributed by atoms with E-state index >= 15 is 0 Å². The van der Waals surface area contributed by atoms with Gasteiger partial charge >= 0.3 is 6.18 Å². The van der Waals surface area contributed by atoms with Crippen LogP contribution in [0.15, 0.2) is 24.4 Å². The van der Waals surface area contributed by atoms with Gasteiger partial charge in [0.2, 0.25) is 0 Å². The lowest BCUT2D eigenvalue weighted by molar-refractivity contribution is -0.144. The van der Waals surface area contributed by atoms with Gasteiger partial charge in [-0.15, -0.1) is 0 Å². The maximum atomic E-state index is 13.7. The highest BCUT2D eigenvalue weighted by molar-refractivity contribution is 5.31. The van der Waals surface area contributed by atoms with Crippen LogP contribution in [-0.4, -0.2) is 16.9 Å². The molecular formula is C15H17F4N3O. The Morgan fingerprint density at radius 2 is 2.04 bits per heavy atom. The van der Waals surface area contributed by atoms with E-state index in [0.29, 0.717) is 5.56 Å². The van der Waals surface area contributed by atoms with Crippen LogP contribution in [0, 0.1) is 5.82 Å². The average molecular weight is 331 g/mol. The van der Waals surface area contributed by atoms with Crippen molar-refractivity contribution in [2.45, 2.75) is 25.7 Å². The van der Waals surface area contributed by atoms with Crippen molar-refractivity contribution in [3.05, 3.63) is 47.0 Å². The summed E-state index contributed by atoms with van der Waals surface area (Å²) in [4.78, 5) is 0. The van der Waals surface area contributed by atoms with E-state index in [-0.39, 0.29) is 23.9 Å². The Balaban J connectivity index is 2.11. The molecular weight excluding hydrogens is 314 g/mol. The molecule has 1 aromatic carbocycles. The second-order valence-corrected chi connectivity index (χ2v) is 5.14. The first-order valence-electron chi connectivity index (χ1n) is 6.89. The van der Waals surface area contributed by atoms with Crippen molar-refractivity contribution < 1.29 is 22.3 Å². The molecule has 0 fully saturated rings. The molecule has 0 amide bonds. The van der Waals surface area contributed by atoms with Crippen LogP contribution in [0.4, 0.5) is 17.6 Å². The Morgan fingerprint density at radius 3 is 2.61 bits per heavy atom. The molecule has 8 heteroatoms. The van der Waals surface area contributed by atoms with Crippen LogP contribution in [-0.2, 0) is 19.8 Å². The lowest BCUT2D eigenvalue weighted by Crippen LogP contribution is -2.21. The zero-order valence-electron chi connectivity index (χ0n) is 12.9. The first-order valence-corrected chi connectivity index (χ1v) is 6.89. The predicted molar refractivity (Wildman–Crippen MR) is 76.4 cm³/mol. The summed E-state index contributed by atoms with van der Waals surface area (Å²) in [5.74, 6) is -0.399. The number of nitrogens with zero attached hydrogens (tertiary/aromatic N) is 2. The first-order chi connectivity index (χ1) is 10.7. The van der Waals surface area contributed by atoms with Gasteiger partial charge in [-0.25, -0.2) is 4.39 Å². The summed E-state index contributed by atoms with van der Waals surface area (Å²) in [6.45, 7) is 1.71. The van der Waals surface area contributed by atoms with Gasteiger partial charge in [0.1, 0.15) is 5.69 Å². The largest absolute Gasteiger partial charge is 0.494 e. The third kappa shape index (κ3) is 3.82. The van der Waals surface area contributed by atoms with E-state index in [9.17, 15) is 17.6 Å². The van der Waals surface area contributed by atoms with Crippen molar-refractivity contribution in [1.29, 1.82) is 0 Å². The van der Waals surface area contributed by atoms with Crippen LogP contribution in [0.3, 0.4) is 0 Å². The number of hydrogen-bond acceptors (Lipinski definition) is 3. The summed E-state index contributed by atoms with van der Waals surface area (Å²) in [6.07, 6.45) is -3.30. The molecule has 1 unspecified atom stereocenters. The first kappa shape index (κ1) is 17.3. The molecule has 0 saturated carbocycles. The Morgan fingerprint density at radius 1 is 1.35 bits per heavy atom. The molecule has 1 atom stereocenters. The second-order valence-electron chi connectivity index (χ2n) is 5.14. The minimum absolute atomic E-state index is 0.0303. The number of rotatable bonds is 5. The smallest absolute Gasteiger partial charge is 0.433 e. The van der Waals surface area contributed by atoms with Crippen molar-refractivity contribution >= 4 is 0 Å². The van der Waals surface area contributed by atoms with Crippen molar-refractivity contribution in [1.82, 2.24) is 15.1 Å². The molecule has 0 aliphatic carbocycles. The van der Waals surface area contributed by atoms with Gasteiger partial charge in [-0.05, 0) is 24.6 Å². The number of ether oxygens (including phenoxy) is 1. The highest BCUT2D eigenvalue weighted by Gasteiger charge is 2.37. The van der Waals surface area contributed by atoms with Gasteiger partial charge < -0.3 is 10.1 Å². The quantitative estimate of drug-likeness (QED) is 0.853. The van der Waals surface area contributed by atoms with Crippen LogP contribution in [0.1, 0.15) is 29.8 Å². The number of halogens is 4. The van der Waals surface area contributed by atoms with Crippen molar-refractivity contribution in [3.8, 4) is 5.75 Å². The SMILES string of the molecule is COc1ccc(C(C)NCc2cnn(C)c2C(F)(F)F)cc1F. The molecule has 2 aromatic rings. The standard InChI is InChI=1S/C15H17F4N3O/c1-9(10-4-5-13(23-3)12(16)6-10)20-7-11-8-21-22(2)14(11)15(17,18)19/h4-6,8-9,20H,7H2,1-3H3. The third-order valence-electron chi connectivity index (χ3n) is 3.56. The Hall–Kier alpha value is -2.09. The molecule has 0 radical (unpaired) electrons. The minimum atomic E-state index is -4.47. The fourth-order valence-electron chi connectivity index (χ4n) is 2.31. The molecule has 0 aliphatic rings. The predicted octanol–water partition coefficient (Wildman–Crippen LogP) is 3.44. The number of methoxy groups -OCH3 is 1. The number of benzene rings is 1. The van der Waals surface area contributed by atoms with E-state index in [2.05, 4.69) is 10.4 Å². The van der Waals surface area contributed by atoms with Crippen LogP contribution in [0.2, 0.25) is 0 Å². The number of alkyl halides is 3. The maximum absolute atomic E-state index is 13.7. The van der Waals surface area contributed by atoms with Crippen LogP contribution in [0.5, 0.6) is 5.75 Å². The molecule has 23 heavy (non-hydrogen) atoms. The van der Waals surface area contributed by atoms with E-state index in [1.54, 1.807) is 13.0 Å². The molecule has 1 heterocycles. The van der Waals surface area contributed by atoms with Crippen molar-refractivity contribution in [2.24, 2.45) is 7.05 Å². The fraction of sp³-hybridized carbons (Fsp3) is 0.400. The van der Waals surface area contributed by atoms with Gasteiger partial charge in [-0.1, -0.05) is 6.07 Å². The van der Waals surface area contributed by atoms with Gasteiger partial charge in [-0.3, -0.25) is 4.68 Å². The zero-order valence-corrected chi connectivity index (χ0v) is 12.9. The number of hydrogen-bond donors (Lipinski definition) is 1. The van der Waals surface area contributed by atoms with Gasteiger partial charge in [0.15, 0.2) is 11.6 Å². The molecule has 0 bridgehead atoms. The van der Waals surface area contributed by atoms with E-state index in [1.807, 2.05) is 0 Å². The van der Waals surface area contributed by atoms with Crippen LogP contribution in [0.25, 0.3) is 0 Å². The van der Waals surface area contributed by atoms with E-state index in [4.69, 9.17) is 4.74 Å². The summed E-state index contributed by atoms with van der Waals surface area (Å²) in [5.41, 5.74) is -0.139. The molecule has 4 nitrogen and oxygen atoms in total. The van der Waals surface area contributed by atoms with E-state index < -0.39 is 17.7 Å². The van der Waals surface area contributed by atoms with Gasteiger partial charge in [0.05, 0.1) is 13.3 Å². The monoisotopic (exact) mass is 331 g/mol. The number of aromatic nitrogens is 2. The highest BCUT2D eigenvalue weighted by atomic mass is 19.4. The lowest BCUT2D eigenvalue weighted by Gasteiger charge is -2.16. The average Bonchev–Trinajstić information content (AvgIpc) is 2.85. The number of aryl methyl sites for hydroxylation is 1. The summed E-state index contributed by atoms with van der Waals surface area (Å²) in [7, 11) is 2.61. The number of nitrogens with one attached hydrogen (secondary N) is 1. The second kappa shape index (κ2) is 6.57. The minimum Gasteiger partial charge on any atom is -0.494 e. The normalized spacial score (nSPS) is 13.2. The lowest BCUT2D eigenvalue weighted by atomic mass is 10.1. The summed E-state index contributed by atoms with van der Waals surface area (Å²) >= 11 is 0. The Kier molecular flexibility index (Phi) is 4.93. The molecule has 0 saturated heterocycles. The van der Waals surface area contributed by atoms with Crippen LogP contribution >= 0.6 is 0 Å². The molecule has 0 spiro atoms. The van der Waals surface area contributed by atoms with E-state index in [0.717, 1.165) is 4.68 Å². The Bertz CT molecular complexity index is 682. The van der Waals surface area contributed by atoms with Crippen molar-refractivity contribution in [2.75, 3.05) is 7.11 Å². The van der Waals surface area contributed by atoms with Gasteiger partial charge in [0, 0.05) is 25.2 Å². The highest BCUT2D eigenvalue weighted by Crippen LogP contribution is 2.31. The summed E-state index contributed by atoms with van der Waals surface area (Å²) < 4.78 is 58.2. The molecule has 126 valence electrons. The van der Waals surface area contributed by atoms with Gasteiger partial charge in [0.25, 0.3) is 0 Å². The van der Waals surface area contributed by atoms with Gasteiger partial charge in [-0.2, -0.15) is 18.3 Å².